The predicted molar refractivity (Wildman–Crippen MR) is 129 cm³/mol. The summed E-state index contributed by atoms with van der Waals surface area (Å²) >= 11 is 6.67. The van der Waals surface area contributed by atoms with Gasteiger partial charge >= 0.3 is 0 Å². The van der Waals surface area contributed by atoms with Gasteiger partial charge in [-0.25, -0.2) is 10.0 Å². The van der Waals surface area contributed by atoms with Gasteiger partial charge in [0.05, 0.1) is 23.8 Å². The number of anilines is 1. The van der Waals surface area contributed by atoms with Crippen molar-refractivity contribution in [3.8, 4) is 0 Å². The molecule has 1 aromatic heterocycles. The number of para-hydroxylation sites is 2. The number of rotatable bonds is 4. The fraction of sp³-hybridized carbons (Fsp3) is 0.148. The van der Waals surface area contributed by atoms with Crippen LogP contribution in [-0.4, -0.2) is 27.8 Å². The van der Waals surface area contributed by atoms with Crippen molar-refractivity contribution in [1.82, 2.24) is 9.88 Å². The van der Waals surface area contributed by atoms with Gasteiger partial charge in [-0.2, -0.15) is 0 Å². The first-order valence-electron chi connectivity index (χ1n) is 11.1. The summed E-state index contributed by atoms with van der Waals surface area (Å²) in [4.78, 5) is 39.1. The third kappa shape index (κ3) is 3.34. The first-order valence-corrected chi connectivity index (χ1v) is 11.4. The lowest BCUT2D eigenvalue weighted by molar-refractivity contribution is -0.143. The topological polar surface area (TPSA) is 62.7 Å². The second kappa shape index (κ2) is 8.24. The van der Waals surface area contributed by atoms with Gasteiger partial charge < -0.3 is 0 Å². The van der Waals surface area contributed by atoms with E-state index in [1.807, 2.05) is 91.0 Å². The molecule has 0 N–H and O–H groups in total. The number of amides is 2. The zero-order valence-corrected chi connectivity index (χ0v) is 18.8. The quantitative estimate of drug-likeness (QED) is 0.313. The van der Waals surface area contributed by atoms with Gasteiger partial charge in [0.2, 0.25) is 5.91 Å². The lowest BCUT2D eigenvalue weighted by Crippen LogP contribution is -2.37. The Morgan fingerprint density at radius 3 is 2.29 bits per heavy atom. The van der Waals surface area contributed by atoms with E-state index in [1.54, 1.807) is 5.06 Å². The molecule has 34 heavy (non-hydrogen) atoms. The minimum absolute atomic E-state index is 0.205. The molecule has 0 aliphatic carbocycles. The monoisotopic (exact) mass is 469 g/mol. The van der Waals surface area contributed by atoms with Crippen LogP contribution in [0.3, 0.4) is 0 Å². The Balaban J connectivity index is 1.45. The van der Waals surface area contributed by atoms with E-state index in [9.17, 15) is 9.59 Å². The summed E-state index contributed by atoms with van der Waals surface area (Å²) in [6.07, 6.45) is -0.927. The Morgan fingerprint density at radius 1 is 0.853 bits per heavy atom. The van der Waals surface area contributed by atoms with E-state index in [1.165, 1.54) is 4.90 Å². The molecule has 4 aromatic rings. The lowest BCUT2D eigenvalue weighted by atomic mass is 9.90. The average Bonchev–Trinajstić information content (AvgIpc) is 3.37. The normalized spacial score (nSPS) is 22.0. The van der Waals surface area contributed by atoms with Crippen LogP contribution in [0.5, 0.6) is 0 Å². The van der Waals surface area contributed by atoms with Crippen LogP contribution < -0.4 is 5.06 Å². The van der Waals surface area contributed by atoms with Gasteiger partial charge in [0.25, 0.3) is 5.91 Å². The van der Waals surface area contributed by atoms with Crippen LogP contribution >= 0.6 is 11.6 Å². The second-order valence-electron chi connectivity index (χ2n) is 8.47. The molecule has 2 aliphatic heterocycles. The van der Waals surface area contributed by atoms with E-state index in [2.05, 4.69) is 4.98 Å². The zero-order valence-electron chi connectivity index (χ0n) is 18.0. The molecule has 2 saturated heterocycles. The van der Waals surface area contributed by atoms with Crippen molar-refractivity contribution in [3.05, 3.63) is 107 Å². The van der Waals surface area contributed by atoms with Gasteiger partial charge in [0.15, 0.2) is 6.10 Å². The van der Waals surface area contributed by atoms with Crippen LogP contribution in [0.1, 0.15) is 17.2 Å². The van der Waals surface area contributed by atoms with E-state index in [-0.39, 0.29) is 23.5 Å². The molecular formula is C27H20ClN3O3. The predicted octanol–water partition coefficient (Wildman–Crippen LogP) is 4.93. The highest BCUT2D eigenvalue weighted by molar-refractivity contribution is 6.30. The highest BCUT2D eigenvalue weighted by Crippen LogP contribution is 2.48. The minimum Gasteiger partial charge on any atom is -0.275 e. The number of hydroxylamine groups is 1. The maximum atomic E-state index is 13.7. The molecule has 3 heterocycles. The fourth-order valence-corrected chi connectivity index (χ4v) is 5.08. The number of halogens is 1. The van der Waals surface area contributed by atoms with E-state index in [4.69, 9.17) is 16.4 Å². The molecule has 3 atom stereocenters. The minimum atomic E-state index is -0.927. The summed E-state index contributed by atoms with van der Waals surface area (Å²) in [6.45, 7) is 0.205. The Kier molecular flexibility index (Phi) is 5.05. The van der Waals surface area contributed by atoms with Crippen molar-refractivity contribution in [2.75, 3.05) is 5.06 Å². The van der Waals surface area contributed by atoms with Crippen LogP contribution in [0, 0.1) is 5.92 Å². The molecule has 2 fully saturated rings. The summed E-state index contributed by atoms with van der Waals surface area (Å²) in [5.74, 6) is -1.35. The molecule has 3 aromatic carbocycles. The molecule has 0 bridgehead atoms. The van der Waals surface area contributed by atoms with E-state index in [0.717, 1.165) is 22.2 Å². The lowest BCUT2D eigenvalue weighted by Gasteiger charge is -2.29. The van der Waals surface area contributed by atoms with Gasteiger partial charge in [-0.05, 0) is 29.8 Å². The van der Waals surface area contributed by atoms with Crippen LogP contribution in [0.4, 0.5) is 5.69 Å². The maximum absolute atomic E-state index is 13.7. The molecule has 0 radical (unpaired) electrons. The van der Waals surface area contributed by atoms with Crippen molar-refractivity contribution in [3.63, 3.8) is 0 Å². The molecule has 6 rings (SSSR count). The average molecular weight is 470 g/mol. The van der Waals surface area contributed by atoms with Gasteiger partial charge in [-0.15, -0.1) is 0 Å². The van der Waals surface area contributed by atoms with Crippen molar-refractivity contribution in [1.29, 1.82) is 0 Å². The molecule has 2 amide bonds. The summed E-state index contributed by atoms with van der Waals surface area (Å²) < 4.78 is 0. The highest BCUT2D eigenvalue weighted by atomic mass is 35.5. The van der Waals surface area contributed by atoms with Crippen LogP contribution in [0.25, 0.3) is 10.9 Å². The number of aromatic nitrogens is 1. The Morgan fingerprint density at radius 2 is 1.53 bits per heavy atom. The van der Waals surface area contributed by atoms with Gasteiger partial charge in [0, 0.05) is 10.9 Å². The van der Waals surface area contributed by atoms with Crippen LogP contribution in [0.2, 0.25) is 5.15 Å². The van der Waals surface area contributed by atoms with E-state index < -0.39 is 18.1 Å². The van der Waals surface area contributed by atoms with Crippen molar-refractivity contribution in [2.24, 2.45) is 5.92 Å². The molecular weight excluding hydrogens is 450 g/mol. The van der Waals surface area contributed by atoms with Crippen molar-refractivity contribution >= 4 is 40.0 Å². The smallest absolute Gasteiger partial charge is 0.262 e. The number of carbonyl (C=O) groups is 2. The number of imide groups is 1. The van der Waals surface area contributed by atoms with E-state index >= 15 is 0 Å². The molecule has 6 nitrogen and oxygen atoms in total. The Bertz CT molecular complexity index is 1400. The molecule has 0 spiro atoms. The number of pyridine rings is 1. The Hall–Kier alpha value is -3.74. The third-order valence-electron chi connectivity index (χ3n) is 6.42. The SMILES string of the molecule is O=C1[C@@H]2[C@@H](c3cc4ccccc4nc3Cl)N(c3ccccc3)O[C@H]2C(=O)N1Cc1ccccc1. The van der Waals surface area contributed by atoms with Crippen LogP contribution in [0.15, 0.2) is 91.0 Å². The van der Waals surface area contributed by atoms with Crippen molar-refractivity contribution in [2.45, 2.75) is 18.7 Å². The highest BCUT2D eigenvalue weighted by Gasteiger charge is 2.60. The summed E-state index contributed by atoms with van der Waals surface area (Å²) in [7, 11) is 0. The summed E-state index contributed by atoms with van der Waals surface area (Å²) in [5, 5.41) is 2.83. The van der Waals surface area contributed by atoms with Gasteiger partial charge in [0.1, 0.15) is 11.1 Å². The first-order chi connectivity index (χ1) is 16.6. The maximum Gasteiger partial charge on any atom is 0.262 e. The van der Waals surface area contributed by atoms with Crippen molar-refractivity contribution < 1.29 is 14.4 Å². The van der Waals surface area contributed by atoms with E-state index in [0.29, 0.717) is 5.56 Å². The number of likely N-dealkylation sites (tertiary alicyclic amines) is 1. The third-order valence-corrected chi connectivity index (χ3v) is 6.73. The van der Waals surface area contributed by atoms with Crippen LogP contribution in [-0.2, 0) is 21.0 Å². The number of nitrogens with zero attached hydrogens (tertiary/aromatic N) is 3. The molecule has 0 saturated carbocycles. The second-order valence-corrected chi connectivity index (χ2v) is 8.83. The standard InChI is InChI=1S/C27H20ClN3O3/c28-25-20(15-18-11-7-8-14-21(18)29-25)23-22-24(34-31(23)19-12-5-2-6-13-19)27(33)30(26(22)32)16-17-9-3-1-4-10-17/h1-15,22-24H,16H2/t22-,23-,24-/m1/s1. The molecule has 2 aliphatic rings. The molecule has 0 unspecified atom stereocenters. The van der Waals surface area contributed by atoms with Gasteiger partial charge in [-0.3, -0.25) is 19.3 Å². The summed E-state index contributed by atoms with van der Waals surface area (Å²) in [5.41, 5.74) is 3.03. The number of benzene rings is 3. The fourth-order valence-electron chi connectivity index (χ4n) is 4.82. The first kappa shape index (κ1) is 20.8. The number of fused-ring (bicyclic) bond motifs is 2. The largest absolute Gasteiger partial charge is 0.275 e. The molecule has 7 heteroatoms. The number of carbonyl (C=O) groups excluding carboxylic acids is 2. The number of hydrogen-bond acceptors (Lipinski definition) is 5. The molecule has 168 valence electrons. The zero-order chi connectivity index (χ0) is 23.2. The Labute approximate surface area is 201 Å². The summed E-state index contributed by atoms with van der Waals surface area (Å²) in [6, 6.07) is 27.9. The van der Waals surface area contributed by atoms with Gasteiger partial charge in [-0.1, -0.05) is 78.3 Å². The number of hydrogen-bond donors (Lipinski definition) is 0.